The molecule has 0 spiro atoms. The van der Waals surface area contributed by atoms with E-state index in [-0.39, 0.29) is 23.5 Å². The molecule has 2 aromatic carbocycles. The smallest absolute Gasteiger partial charge is 0.174 e. The molecule has 0 saturated carbocycles. The predicted octanol–water partition coefficient (Wildman–Crippen LogP) is 3.87. The quantitative estimate of drug-likeness (QED) is 0.894. The third-order valence-corrected chi connectivity index (χ3v) is 3.95. The number of phenolic OH excluding ortho intramolecular Hbond substituents is 1. The summed E-state index contributed by atoms with van der Waals surface area (Å²) in [4.78, 5) is 12.3. The van der Waals surface area contributed by atoms with Gasteiger partial charge in [0, 0.05) is 10.0 Å². The molecule has 0 radical (unpaired) electrons. The lowest BCUT2D eigenvalue weighted by atomic mass is 9.95. The number of fused-ring (bicyclic) bond motifs is 1. The molecule has 1 unspecified atom stereocenters. The van der Waals surface area contributed by atoms with Crippen LogP contribution in [0.4, 0.5) is 0 Å². The van der Waals surface area contributed by atoms with Crippen LogP contribution in [0.3, 0.4) is 0 Å². The SMILES string of the molecule is COc1ccc(Br)cc1C1CC(=O)c2c(O)cccc2O1. The van der Waals surface area contributed by atoms with E-state index in [1.807, 2.05) is 18.2 Å². The Morgan fingerprint density at radius 1 is 1.33 bits per heavy atom. The van der Waals surface area contributed by atoms with E-state index in [9.17, 15) is 9.90 Å². The van der Waals surface area contributed by atoms with E-state index in [0.717, 1.165) is 10.0 Å². The molecule has 3 rings (SSSR count). The van der Waals surface area contributed by atoms with Crippen molar-refractivity contribution >= 4 is 21.7 Å². The molecule has 1 heterocycles. The fraction of sp³-hybridized carbons (Fsp3) is 0.188. The first kappa shape index (κ1) is 13.9. The first-order chi connectivity index (χ1) is 10.1. The molecular formula is C16H13BrO4. The van der Waals surface area contributed by atoms with Gasteiger partial charge < -0.3 is 14.6 Å². The molecule has 0 fully saturated rings. The Morgan fingerprint density at radius 3 is 2.90 bits per heavy atom. The van der Waals surface area contributed by atoms with Crippen LogP contribution in [-0.4, -0.2) is 18.0 Å². The largest absolute Gasteiger partial charge is 0.507 e. The summed E-state index contributed by atoms with van der Waals surface area (Å²) in [6.45, 7) is 0. The monoisotopic (exact) mass is 348 g/mol. The van der Waals surface area contributed by atoms with Crippen molar-refractivity contribution in [2.45, 2.75) is 12.5 Å². The summed E-state index contributed by atoms with van der Waals surface area (Å²) < 4.78 is 12.1. The molecule has 2 aromatic rings. The Labute approximate surface area is 130 Å². The fourth-order valence-electron chi connectivity index (χ4n) is 2.49. The van der Waals surface area contributed by atoms with Gasteiger partial charge in [0.1, 0.15) is 28.9 Å². The van der Waals surface area contributed by atoms with E-state index >= 15 is 0 Å². The van der Waals surface area contributed by atoms with Gasteiger partial charge in [-0.2, -0.15) is 0 Å². The summed E-state index contributed by atoms with van der Waals surface area (Å²) in [5, 5.41) is 9.80. The number of Topliss-reactive ketones (excluding diaryl/α,β-unsaturated/α-hetero) is 1. The highest BCUT2D eigenvalue weighted by Gasteiger charge is 2.31. The minimum atomic E-state index is -0.431. The Bertz CT molecular complexity index is 711. The molecule has 0 bridgehead atoms. The Morgan fingerprint density at radius 2 is 2.14 bits per heavy atom. The number of carbonyl (C=O) groups is 1. The van der Waals surface area contributed by atoms with Gasteiger partial charge >= 0.3 is 0 Å². The summed E-state index contributed by atoms with van der Waals surface area (Å²) in [5.41, 5.74) is 1.05. The van der Waals surface area contributed by atoms with Crippen molar-refractivity contribution in [3.8, 4) is 17.2 Å². The molecule has 1 atom stereocenters. The highest BCUT2D eigenvalue weighted by Crippen LogP contribution is 2.41. The molecule has 1 aliphatic heterocycles. The highest BCUT2D eigenvalue weighted by atomic mass is 79.9. The lowest BCUT2D eigenvalue weighted by Crippen LogP contribution is -2.21. The van der Waals surface area contributed by atoms with Gasteiger partial charge in [-0.15, -0.1) is 0 Å². The summed E-state index contributed by atoms with van der Waals surface area (Å²) in [6.07, 6.45) is -0.267. The molecule has 1 N–H and O–H groups in total. The summed E-state index contributed by atoms with van der Waals surface area (Å²) in [5.74, 6) is 0.886. The molecular weight excluding hydrogens is 336 g/mol. The van der Waals surface area contributed by atoms with Crippen molar-refractivity contribution in [1.82, 2.24) is 0 Å². The van der Waals surface area contributed by atoms with Crippen LogP contribution in [0.5, 0.6) is 17.2 Å². The lowest BCUT2D eigenvalue weighted by molar-refractivity contribution is 0.0842. The number of hydrogen-bond acceptors (Lipinski definition) is 4. The zero-order chi connectivity index (χ0) is 15.0. The number of benzene rings is 2. The van der Waals surface area contributed by atoms with Crippen molar-refractivity contribution in [3.05, 3.63) is 52.0 Å². The van der Waals surface area contributed by atoms with Crippen LogP contribution in [0.15, 0.2) is 40.9 Å². The molecule has 0 saturated heterocycles. The molecule has 4 nitrogen and oxygen atoms in total. The molecule has 5 heteroatoms. The van der Waals surface area contributed by atoms with Crippen LogP contribution >= 0.6 is 15.9 Å². The fourth-order valence-corrected chi connectivity index (χ4v) is 2.87. The number of methoxy groups -OCH3 is 1. The number of rotatable bonds is 2. The van der Waals surface area contributed by atoms with Crippen LogP contribution in [-0.2, 0) is 0 Å². The summed E-state index contributed by atoms with van der Waals surface area (Å²) >= 11 is 3.41. The number of halogens is 1. The van der Waals surface area contributed by atoms with E-state index in [4.69, 9.17) is 9.47 Å². The van der Waals surface area contributed by atoms with Crippen LogP contribution < -0.4 is 9.47 Å². The average Bonchev–Trinajstić information content (AvgIpc) is 2.47. The van der Waals surface area contributed by atoms with E-state index in [1.54, 1.807) is 19.2 Å². The zero-order valence-corrected chi connectivity index (χ0v) is 12.9. The highest BCUT2D eigenvalue weighted by molar-refractivity contribution is 9.10. The number of aromatic hydroxyl groups is 1. The van der Waals surface area contributed by atoms with Gasteiger partial charge in [0.2, 0.25) is 0 Å². The second-order valence-corrected chi connectivity index (χ2v) is 5.69. The summed E-state index contributed by atoms with van der Waals surface area (Å²) in [6, 6.07) is 10.4. The number of carbonyl (C=O) groups excluding carboxylic acids is 1. The maximum atomic E-state index is 12.3. The lowest BCUT2D eigenvalue weighted by Gasteiger charge is -2.27. The van der Waals surface area contributed by atoms with Crippen molar-refractivity contribution in [2.75, 3.05) is 7.11 Å². The van der Waals surface area contributed by atoms with Gasteiger partial charge in [-0.05, 0) is 30.3 Å². The topological polar surface area (TPSA) is 55.8 Å². The minimum absolute atomic E-state index is 0.0443. The second kappa shape index (κ2) is 5.41. The second-order valence-electron chi connectivity index (χ2n) is 4.77. The van der Waals surface area contributed by atoms with Crippen molar-refractivity contribution in [1.29, 1.82) is 0 Å². The van der Waals surface area contributed by atoms with E-state index in [2.05, 4.69) is 15.9 Å². The summed E-state index contributed by atoms with van der Waals surface area (Å²) in [7, 11) is 1.58. The first-order valence-corrected chi connectivity index (χ1v) is 7.24. The standard InChI is InChI=1S/C16H13BrO4/c1-20-13-6-5-9(17)7-10(13)15-8-12(19)16-11(18)3-2-4-14(16)21-15/h2-7,15,18H,8H2,1H3. The Balaban J connectivity index is 2.04. The van der Waals surface area contributed by atoms with Crippen LogP contribution in [0, 0.1) is 0 Å². The number of ketones is 1. The van der Waals surface area contributed by atoms with Crippen molar-refractivity contribution < 1.29 is 19.4 Å². The van der Waals surface area contributed by atoms with E-state index in [1.165, 1.54) is 6.07 Å². The number of hydrogen-bond donors (Lipinski definition) is 1. The van der Waals surface area contributed by atoms with Gasteiger partial charge in [0.05, 0.1) is 13.5 Å². The average molecular weight is 349 g/mol. The normalized spacial score (nSPS) is 17.0. The van der Waals surface area contributed by atoms with E-state index < -0.39 is 6.10 Å². The Hall–Kier alpha value is -2.01. The maximum Gasteiger partial charge on any atom is 0.174 e. The number of ether oxygens (including phenoxy) is 2. The van der Waals surface area contributed by atoms with Crippen molar-refractivity contribution in [3.63, 3.8) is 0 Å². The van der Waals surface area contributed by atoms with Gasteiger partial charge in [-0.3, -0.25) is 4.79 Å². The molecule has 0 aromatic heterocycles. The maximum absolute atomic E-state index is 12.3. The first-order valence-electron chi connectivity index (χ1n) is 6.45. The van der Waals surface area contributed by atoms with Crippen LogP contribution in [0.25, 0.3) is 0 Å². The number of phenols is 1. The molecule has 108 valence electrons. The van der Waals surface area contributed by atoms with Gasteiger partial charge in [0.25, 0.3) is 0 Å². The van der Waals surface area contributed by atoms with Crippen molar-refractivity contribution in [2.24, 2.45) is 0 Å². The van der Waals surface area contributed by atoms with E-state index in [0.29, 0.717) is 11.5 Å². The molecule has 1 aliphatic rings. The third-order valence-electron chi connectivity index (χ3n) is 3.46. The minimum Gasteiger partial charge on any atom is -0.507 e. The van der Waals surface area contributed by atoms with Gasteiger partial charge in [0.15, 0.2) is 5.78 Å². The third kappa shape index (κ3) is 2.49. The Kier molecular flexibility index (Phi) is 3.59. The van der Waals surface area contributed by atoms with Gasteiger partial charge in [-0.1, -0.05) is 22.0 Å². The predicted molar refractivity (Wildman–Crippen MR) is 81.1 cm³/mol. The molecule has 0 amide bonds. The molecule has 0 aliphatic carbocycles. The van der Waals surface area contributed by atoms with Gasteiger partial charge in [-0.25, -0.2) is 0 Å². The molecule has 21 heavy (non-hydrogen) atoms. The van der Waals surface area contributed by atoms with Crippen LogP contribution in [0.2, 0.25) is 0 Å². The van der Waals surface area contributed by atoms with Crippen LogP contribution in [0.1, 0.15) is 28.4 Å². The zero-order valence-electron chi connectivity index (χ0n) is 11.3.